The van der Waals surface area contributed by atoms with Gasteiger partial charge in [0.05, 0.1) is 0 Å². The van der Waals surface area contributed by atoms with Crippen molar-refractivity contribution in [3.05, 3.63) is 12.2 Å². The van der Waals surface area contributed by atoms with E-state index in [1.54, 1.807) is 0 Å². The summed E-state index contributed by atoms with van der Waals surface area (Å²) in [6, 6.07) is 0. The quantitative estimate of drug-likeness (QED) is 0.411. The van der Waals surface area contributed by atoms with Crippen molar-refractivity contribution in [2.24, 2.45) is 11.8 Å². The number of hydrogen-bond donors (Lipinski definition) is 0. The molecule has 3 atom stereocenters. The van der Waals surface area contributed by atoms with Gasteiger partial charge in [0.15, 0.2) is 0 Å². The summed E-state index contributed by atoms with van der Waals surface area (Å²) in [7, 11) is -4.63. The fourth-order valence-electron chi connectivity index (χ4n) is 4.47. The van der Waals surface area contributed by atoms with Gasteiger partial charge in [-0.1, -0.05) is 12.2 Å². The van der Waals surface area contributed by atoms with E-state index < -0.39 is 17.1 Å². The van der Waals surface area contributed by atoms with Gasteiger partial charge in [-0.05, 0) is 58.9 Å². The molecule has 0 aliphatic heterocycles. The van der Waals surface area contributed by atoms with Crippen molar-refractivity contribution >= 4 is 17.1 Å². The van der Waals surface area contributed by atoms with Gasteiger partial charge < -0.3 is 17.7 Å². The van der Waals surface area contributed by atoms with Crippen LogP contribution >= 0.6 is 0 Å². The van der Waals surface area contributed by atoms with Gasteiger partial charge in [-0.3, -0.25) is 0 Å². The Balaban J connectivity index is 2.26. The van der Waals surface area contributed by atoms with Crippen LogP contribution < -0.4 is 0 Å². The van der Waals surface area contributed by atoms with Crippen molar-refractivity contribution in [1.82, 2.24) is 0 Å². The highest BCUT2D eigenvalue weighted by Crippen LogP contribution is 2.54. The zero-order valence-electron chi connectivity index (χ0n) is 15.5. The van der Waals surface area contributed by atoms with Gasteiger partial charge in [-0.25, -0.2) is 0 Å². The molecule has 0 aromatic rings. The Morgan fingerprint density at radius 1 is 0.826 bits per heavy atom. The third kappa shape index (κ3) is 4.35. The fraction of sp³-hybridized carbons (Fsp3) is 0.882. The minimum absolute atomic E-state index is 0.546. The Labute approximate surface area is 144 Å². The summed E-state index contributed by atoms with van der Waals surface area (Å²) in [6.45, 7) is 13.3. The highest BCUT2D eigenvalue weighted by atomic mass is 28.4. The first-order valence-corrected chi connectivity index (χ1v) is 13.9. The second-order valence-electron chi connectivity index (χ2n) is 6.74. The van der Waals surface area contributed by atoms with Crippen LogP contribution in [-0.2, 0) is 17.7 Å². The van der Waals surface area contributed by atoms with Crippen LogP contribution in [-0.4, -0.2) is 43.5 Å². The van der Waals surface area contributed by atoms with Crippen LogP contribution in [0.3, 0.4) is 0 Å². The smallest absolute Gasteiger partial charge is 0.343 e. The van der Waals surface area contributed by atoms with E-state index in [2.05, 4.69) is 46.4 Å². The molecule has 4 nitrogen and oxygen atoms in total. The SMILES string of the molecule is CCO[Si](C)(C[Si](OCC)(OCC)C1CC2C=CC1C2)OCC. The highest BCUT2D eigenvalue weighted by molar-refractivity contribution is 6.86. The summed E-state index contributed by atoms with van der Waals surface area (Å²) < 4.78 is 25.2. The van der Waals surface area contributed by atoms with Crippen molar-refractivity contribution in [2.45, 2.75) is 58.3 Å². The summed E-state index contributed by atoms with van der Waals surface area (Å²) >= 11 is 0. The Morgan fingerprint density at radius 2 is 1.39 bits per heavy atom. The molecule has 2 rings (SSSR count). The lowest BCUT2D eigenvalue weighted by Crippen LogP contribution is -2.57. The first-order valence-electron chi connectivity index (χ1n) is 9.26. The summed E-state index contributed by atoms with van der Waals surface area (Å²) in [5, 5.41) is 0. The van der Waals surface area contributed by atoms with Crippen molar-refractivity contribution < 1.29 is 17.7 Å². The van der Waals surface area contributed by atoms with E-state index in [1.165, 1.54) is 12.8 Å². The van der Waals surface area contributed by atoms with Crippen LogP contribution in [0.15, 0.2) is 12.2 Å². The largest absolute Gasteiger partial charge is 0.395 e. The molecule has 0 aromatic heterocycles. The highest BCUT2D eigenvalue weighted by Gasteiger charge is 2.58. The van der Waals surface area contributed by atoms with E-state index in [1.807, 2.05) is 0 Å². The predicted molar refractivity (Wildman–Crippen MR) is 97.8 cm³/mol. The molecule has 0 amide bonds. The molecule has 2 bridgehead atoms. The number of fused-ring (bicyclic) bond motifs is 2. The molecule has 1 fully saturated rings. The number of hydrogen-bond acceptors (Lipinski definition) is 4. The molecule has 0 heterocycles. The molecule has 2 aliphatic rings. The number of allylic oxidation sites excluding steroid dienone is 2. The van der Waals surface area contributed by atoms with E-state index in [-0.39, 0.29) is 0 Å². The second kappa shape index (κ2) is 8.40. The molecule has 23 heavy (non-hydrogen) atoms. The van der Waals surface area contributed by atoms with Crippen LogP contribution in [0.2, 0.25) is 17.8 Å². The molecule has 0 aromatic carbocycles. The third-order valence-electron chi connectivity index (χ3n) is 5.09. The molecule has 0 N–H and O–H groups in total. The van der Waals surface area contributed by atoms with Gasteiger partial charge in [-0.15, -0.1) is 0 Å². The van der Waals surface area contributed by atoms with Crippen LogP contribution in [0.1, 0.15) is 40.5 Å². The Morgan fingerprint density at radius 3 is 1.78 bits per heavy atom. The van der Waals surface area contributed by atoms with Gasteiger partial charge in [0.2, 0.25) is 0 Å². The minimum Gasteiger partial charge on any atom is -0.395 e. The minimum atomic E-state index is -2.37. The maximum absolute atomic E-state index is 6.45. The van der Waals surface area contributed by atoms with Gasteiger partial charge in [0, 0.05) is 37.6 Å². The number of rotatable bonds is 11. The van der Waals surface area contributed by atoms with Crippen molar-refractivity contribution in [2.75, 3.05) is 26.4 Å². The standard InChI is InChI=1S/C17H34O4Si2/c1-6-18-22(5,19-7-2)14-23(20-8-3,21-9-4)17-13-15-10-11-16(17)12-15/h10-11,15-17H,6-9,12-14H2,1-5H3. The van der Waals surface area contributed by atoms with E-state index in [0.717, 1.165) is 11.6 Å². The normalized spacial score (nSPS) is 27.1. The Bertz CT molecular complexity index is 390. The van der Waals surface area contributed by atoms with Crippen LogP contribution in [0.25, 0.3) is 0 Å². The lowest BCUT2D eigenvalue weighted by molar-refractivity contribution is 0.155. The second-order valence-corrected chi connectivity index (χ2v) is 13.9. The molecule has 0 spiro atoms. The molecular weight excluding hydrogens is 324 g/mol. The van der Waals surface area contributed by atoms with Gasteiger partial charge >= 0.3 is 17.1 Å². The van der Waals surface area contributed by atoms with Crippen LogP contribution in [0, 0.1) is 11.8 Å². The summed E-state index contributed by atoms with van der Waals surface area (Å²) in [5.41, 5.74) is 1.43. The topological polar surface area (TPSA) is 36.9 Å². The van der Waals surface area contributed by atoms with E-state index in [4.69, 9.17) is 17.7 Å². The first kappa shape index (κ1) is 19.3. The zero-order valence-corrected chi connectivity index (χ0v) is 17.5. The Kier molecular flexibility index (Phi) is 7.07. The summed E-state index contributed by atoms with van der Waals surface area (Å²) in [5.74, 6) is 1.36. The van der Waals surface area contributed by atoms with Gasteiger partial charge in [0.1, 0.15) is 0 Å². The monoisotopic (exact) mass is 358 g/mol. The van der Waals surface area contributed by atoms with Crippen molar-refractivity contribution in [3.63, 3.8) is 0 Å². The zero-order chi connectivity index (χ0) is 16.9. The molecule has 134 valence electrons. The van der Waals surface area contributed by atoms with Gasteiger partial charge in [0.25, 0.3) is 0 Å². The van der Waals surface area contributed by atoms with E-state index in [9.17, 15) is 0 Å². The lowest BCUT2D eigenvalue weighted by atomic mass is 10.1. The van der Waals surface area contributed by atoms with E-state index in [0.29, 0.717) is 37.9 Å². The predicted octanol–water partition coefficient (Wildman–Crippen LogP) is 4.15. The third-order valence-corrected chi connectivity index (χ3v) is 14.8. The maximum atomic E-state index is 6.45. The fourth-order valence-corrected chi connectivity index (χ4v) is 15.1. The average molecular weight is 359 g/mol. The average Bonchev–Trinajstić information content (AvgIpc) is 3.11. The van der Waals surface area contributed by atoms with Crippen molar-refractivity contribution in [3.8, 4) is 0 Å². The molecule has 2 aliphatic carbocycles. The van der Waals surface area contributed by atoms with Gasteiger partial charge in [-0.2, -0.15) is 0 Å². The van der Waals surface area contributed by atoms with Crippen LogP contribution in [0.4, 0.5) is 0 Å². The molecule has 0 radical (unpaired) electrons. The van der Waals surface area contributed by atoms with Crippen LogP contribution in [0.5, 0.6) is 0 Å². The Hall–Kier alpha value is 0.0138. The molecule has 1 saturated carbocycles. The molecule has 6 heteroatoms. The molecular formula is C17H34O4Si2. The molecule has 0 saturated heterocycles. The summed E-state index contributed by atoms with van der Waals surface area (Å²) in [6.07, 6.45) is 7.29. The lowest BCUT2D eigenvalue weighted by Gasteiger charge is -2.42. The first-order chi connectivity index (χ1) is 11.0. The summed E-state index contributed by atoms with van der Waals surface area (Å²) in [4.78, 5) is 0. The van der Waals surface area contributed by atoms with Crippen molar-refractivity contribution in [1.29, 1.82) is 0 Å². The van der Waals surface area contributed by atoms with E-state index >= 15 is 0 Å². The molecule has 3 unspecified atom stereocenters. The maximum Gasteiger partial charge on any atom is 0.343 e.